The lowest BCUT2D eigenvalue weighted by Crippen LogP contribution is -2.17. The van der Waals surface area contributed by atoms with Crippen molar-refractivity contribution >= 4 is 0 Å². The maximum atomic E-state index is 5.75. The molecule has 0 heterocycles. The molecular formula is C11H23N. The highest BCUT2D eigenvalue weighted by molar-refractivity contribution is 5.10. The molecule has 1 rings (SSSR count). The van der Waals surface area contributed by atoms with Gasteiger partial charge >= 0.3 is 0 Å². The zero-order chi connectivity index (χ0) is 9.57. The molecule has 72 valence electrons. The van der Waals surface area contributed by atoms with Crippen molar-refractivity contribution in [1.82, 2.24) is 0 Å². The third kappa shape index (κ3) is 1.28. The molecule has 0 radical (unpaired) electrons. The van der Waals surface area contributed by atoms with Crippen LogP contribution in [0.2, 0.25) is 0 Å². The van der Waals surface area contributed by atoms with Crippen molar-refractivity contribution in [3.05, 3.63) is 0 Å². The van der Waals surface area contributed by atoms with Crippen molar-refractivity contribution in [3.8, 4) is 0 Å². The van der Waals surface area contributed by atoms with Crippen LogP contribution in [0.4, 0.5) is 0 Å². The Morgan fingerprint density at radius 2 is 1.83 bits per heavy atom. The van der Waals surface area contributed by atoms with Gasteiger partial charge < -0.3 is 5.73 Å². The van der Waals surface area contributed by atoms with Gasteiger partial charge in [-0.15, -0.1) is 0 Å². The second kappa shape index (κ2) is 2.73. The first-order valence-corrected chi connectivity index (χ1v) is 5.08. The van der Waals surface area contributed by atoms with E-state index in [1.807, 2.05) is 0 Å². The van der Waals surface area contributed by atoms with Crippen LogP contribution < -0.4 is 5.73 Å². The minimum absolute atomic E-state index is 0.480. The molecule has 0 aromatic carbocycles. The lowest BCUT2D eigenvalue weighted by molar-refractivity contribution is 0.253. The Morgan fingerprint density at radius 3 is 2.08 bits per heavy atom. The first-order valence-electron chi connectivity index (χ1n) is 5.08. The second-order valence-corrected chi connectivity index (χ2v) is 5.48. The van der Waals surface area contributed by atoms with Crippen molar-refractivity contribution in [3.63, 3.8) is 0 Å². The molecule has 0 unspecified atom stereocenters. The third-order valence-electron chi connectivity index (χ3n) is 4.06. The molecule has 0 aromatic heterocycles. The molecule has 0 saturated heterocycles. The molecule has 1 aliphatic carbocycles. The topological polar surface area (TPSA) is 26.0 Å². The maximum Gasteiger partial charge on any atom is -0.00406 e. The fourth-order valence-electron chi connectivity index (χ4n) is 2.96. The van der Waals surface area contributed by atoms with Crippen molar-refractivity contribution in [2.45, 2.75) is 41.0 Å². The summed E-state index contributed by atoms with van der Waals surface area (Å²) in [7, 11) is 0. The van der Waals surface area contributed by atoms with E-state index >= 15 is 0 Å². The maximum absolute atomic E-state index is 5.75. The van der Waals surface area contributed by atoms with Crippen LogP contribution in [-0.2, 0) is 0 Å². The van der Waals surface area contributed by atoms with Crippen LogP contribution in [0.3, 0.4) is 0 Å². The molecule has 2 atom stereocenters. The summed E-state index contributed by atoms with van der Waals surface area (Å²) in [5.41, 5.74) is 6.73. The monoisotopic (exact) mass is 169 g/mol. The summed E-state index contributed by atoms with van der Waals surface area (Å²) in [6, 6.07) is 0. The average molecular weight is 169 g/mol. The molecule has 1 nitrogen and oxygen atoms in total. The normalized spacial score (nSPS) is 33.5. The number of nitrogens with two attached hydrogens (primary N) is 1. The lowest BCUT2D eigenvalue weighted by Gasteiger charge is -2.24. The van der Waals surface area contributed by atoms with Crippen molar-refractivity contribution < 1.29 is 0 Å². The van der Waals surface area contributed by atoms with E-state index in [1.165, 1.54) is 6.42 Å². The predicted octanol–water partition coefficient (Wildman–Crippen LogP) is 2.65. The fourth-order valence-corrected chi connectivity index (χ4v) is 2.96. The quantitative estimate of drug-likeness (QED) is 0.690. The molecule has 1 aliphatic rings. The average Bonchev–Trinajstić information content (AvgIpc) is 2.53. The van der Waals surface area contributed by atoms with E-state index in [0.717, 1.165) is 18.4 Å². The molecule has 0 aromatic rings. The molecule has 0 spiro atoms. The Labute approximate surface area is 76.7 Å². The summed E-state index contributed by atoms with van der Waals surface area (Å²) < 4.78 is 0. The molecular weight excluding hydrogens is 146 g/mol. The Kier molecular flexibility index (Phi) is 2.28. The highest BCUT2D eigenvalue weighted by atomic mass is 14.7. The van der Waals surface area contributed by atoms with Gasteiger partial charge in [-0.2, -0.15) is 0 Å². The Morgan fingerprint density at radius 1 is 1.33 bits per heavy atom. The van der Waals surface area contributed by atoms with Gasteiger partial charge in [0.05, 0.1) is 0 Å². The van der Waals surface area contributed by atoms with Gasteiger partial charge in [0, 0.05) is 0 Å². The minimum atomic E-state index is 0.480. The molecule has 12 heavy (non-hydrogen) atoms. The number of hydrogen-bond donors (Lipinski definition) is 1. The Hall–Kier alpha value is -0.0400. The third-order valence-corrected chi connectivity index (χ3v) is 4.06. The SMILES string of the molecule is CCC(C)(C)[C@@H]1[C@@H](CN)C1(C)C. The van der Waals surface area contributed by atoms with Gasteiger partial charge in [0.25, 0.3) is 0 Å². The molecule has 0 amide bonds. The summed E-state index contributed by atoms with van der Waals surface area (Å²) in [5.74, 6) is 1.59. The van der Waals surface area contributed by atoms with Crippen LogP contribution >= 0.6 is 0 Å². The zero-order valence-corrected chi connectivity index (χ0v) is 9.15. The summed E-state index contributed by atoms with van der Waals surface area (Å²) in [5, 5.41) is 0. The largest absolute Gasteiger partial charge is 0.330 e. The second-order valence-electron chi connectivity index (χ2n) is 5.48. The van der Waals surface area contributed by atoms with Crippen molar-refractivity contribution in [2.24, 2.45) is 28.4 Å². The van der Waals surface area contributed by atoms with E-state index < -0.39 is 0 Å². The molecule has 1 fully saturated rings. The molecule has 1 heteroatoms. The van der Waals surface area contributed by atoms with E-state index in [-0.39, 0.29) is 0 Å². The van der Waals surface area contributed by atoms with Gasteiger partial charge in [0.2, 0.25) is 0 Å². The van der Waals surface area contributed by atoms with Gasteiger partial charge in [0.1, 0.15) is 0 Å². The highest BCUT2D eigenvalue weighted by Crippen LogP contribution is 2.65. The van der Waals surface area contributed by atoms with E-state index in [9.17, 15) is 0 Å². The predicted molar refractivity (Wildman–Crippen MR) is 53.9 cm³/mol. The van der Waals surface area contributed by atoms with Crippen LogP contribution in [0.1, 0.15) is 41.0 Å². The van der Waals surface area contributed by atoms with Crippen LogP contribution in [-0.4, -0.2) is 6.54 Å². The van der Waals surface area contributed by atoms with E-state index in [4.69, 9.17) is 5.73 Å². The molecule has 2 N–H and O–H groups in total. The van der Waals surface area contributed by atoms with Gasteiger partial charge in [-0.1, -0.05) is 41.0 Å². The van der Waals surface area contributed by atoms with Crippen molar-refractivity contribution in [1.29, 1.82) is 0 Å². The van der Waals surface area contributed by atoms with Gasteiger partial charge in [0.15, 0.2) is 0 Å². The number of rotatable bonds is 3. The first kappa shape index (κ1) is 10.0. The van der Waals surface area contributed by atoms with Crippen LogP contribution in [0, 0.1) is 22.7 Å². The summed E-state index contributed by atoms with van der Waals surface area (Å²) in [6.45, 7) is 12.6. The molecule has 0 bridgehead atoms. The fraction of sp³-hybridized carbons (Fsp3) is 1.00. The smallest absolute Gasteiger partial charge is 0.00406 e. The highest BCUT2D eigenvalue weighted by Gasteiger charge is 2.61. The van der Waals surface area contributed by atoms with Crippen LogP contribution in [0.15, 0.2) is 0 Å². The number of hydrogen-bond acceptors (Lipinski definition) is 1. The van der Waals surface area contributed by atoms with Gasteiger partial charge in [-0.05, 0) is 29.2 Å². The van der Waals surface area contributed by atoms with Crippen LogP contribution in [0.5, 0.6) is 0 Å². The van der Waals surface area contributed by atoms with E-state index in [2.05, 4.69) is 34.6 Å². The lowest BCUT2D eigenvalue weighted by atomic mass is 9.81. The first-order chi connectivity index (χ1) is 5.38. The van der Waals surface area contributed by atoms with Gasteiger partial charge in [-0.3, -0.25) is 0 Å². The molecule has 0 aliphatic heterocycles. The van der Waals surface area contributed by atoms with E-state index in [0.29, 0.717) is 10.8 Å². The summed E-state index contributed by atoms with van der Waals surface area (Å²) in [6.07, 6.45) is 1.26. The Bertz CT molecular complexity index is 170. The zero-order valence-electron chi connectivity index (χ0n) is 9.15. The van der Waals surface area contributed by atoms with E-state index in [1.54, 1.807) is 0 Å². The standard InChI is InChI=1S/C11H23N/c1-6-10(2,3)9-8(7-12)11(9,4)5/h8-9H,6-7,12H2,1-5H3/t8-,9+/m1/s1. The van der Waals surface area contributed by atoms with Crippen molar-refractivity contribution in [2.75, 3.05) is 6.54 Å². The summed E-state index contributed by atoms with van der Waals surface area (Å²) >= 11 is 0. The Balaban J connectivity index is 2.69. The van der Waals surface area contributed by atoms with Crippen LogP contribution in [0.25, 0.3) is 0 Å². The van der Waals surface area contributed by atoms with Gasteiger partial charge in [-0.25, -0.2) is 0 Å². The minimum Gasteiger partial charge on any atom is -0.330 e. The summed E-state index contributed by atoms with van der Waals surface area (Å²) in [4.78, 5) is 0. The molecule has 1 saturated carbocycles.